The summed E-state index contributed by atoms with van der Waals surface area (Å²) in [5, 5.41) is 5.20. The Bertz CT molecular complexity index is 584. The second-order valence-electron chi connectivity index (χ2n) is 5.16. The molecule has 0 aliphatic heterocycles. The molecule has 0 amide bonds. The summed E-state index contributed by atoms with van der Waals surface area (Å²) in [5.41, 5.74) is 7.71. The van der Waals surface area contributed by atoms with Crippen LogP contribution in [0.2, 0.25) is 5.02 Å². The fourth-order valence-electron chi connectivity index (χ4n) is 1.70. The van der Waals surface area contributed by atoms with Crippen molar-refractivity contribution in [3.63, 3.8) is 0 Å². The maximum Gasteiger partial charge on any atom is 0.141 e. The van der Waals surface area contributed by atoms with E-state index >= 15 is 0 Å². The lowest BCUT2D eigenvalue weighted by molar-refractivity contribution is 0.558. The predicted octanol–water partition coefficient (Wildman–Crippen LogP) is 4.17. The minimum atomic E-state index is -0.0839. The molecule has 2 aromatic rings. The molecule has 0 spiro atoms. The van der Waals surface area contributed by atoms with Gasteiger partial charge in [-0.1, -0.05) is 44.5 Å². The van der Waals surface area contributed by atoms with Crippen LogP contribution in [0.3, 0.4) is 0 Å². The highest BCUT2D eigenvalue weighted by Gasteiger charge is 2.25. The van der Waals surface area contributed by atoms with Gasteiger partial charge in [-0.15, -0.1) is 0 Å². The Kier molecular flexibility index (Phi) is 3.43. The number of hydrogen-bond acceptors (Lipinski definition) is 2. The van der Waals surface area contributed by atoms with Crippen molar-refractivity contribution in [1.82, 2.24) is 9.78 Å². The Morgan fingerprint density at radius 3 is 2.39 bits per heavy atom. The summed E-state index contributed by atoms with van der Waals surface area (Å²) in [4.78, 5) is 0. The lowest BCUT2D eigenvalue weighted by atomic mass is 9.92. The highest BCUT2D eigenvalue weighted by Crippen LogP contribution is 2.35. The van der Waals surface area contributed by atoms with Gasteiger partial charge in [-0.25, -0.2) is 4.68 Å². The minimum Gasteiger partial charge on any atom is -0.383 e. The zero-order valence-electron chi connectivity index (χ0n) is 10.5. The van der Waals surface area contributed by atoms with Crippen LogP contribution in [-0.4, -0.2) is 9.78 Å². The summed E-state index contributed by atoms with van der Waals surface area (Å²) < 4.78 is 2.50. The number of rotatable bonds is 1. The van der Waals surface area contributed by atoms with E-state index in [0.29, 0.717) is 10.8 Å². The van der Waals surface area contributed by atoms with Gasteiger partial charge >= 0.3 is 0 Å². The number of hydrogen-bond donors (Lipinski definition) is 1. The average Bonchev–Trinajstić information content (AvgIpc) is 2.57. The molecule has 18 heavy (non-hydrogen) atoms. The van der Waals surface area contributed by atoms with E-state index in [9.17, 15) is 0 Å². The van der Waals surface area contributed by atoms with E-state index in [0.717, 1.165) is 15.9 Å². The van der Waals surface area contributed by atoms with Crippen molar-refractivity contribution in [2.24, 2.45) is 0 Å². The highest BCUT2D eigenvalue weighted by molar-refractivity contribution is 9.10. The first-order valence-corrected chi connectivity index (χ1v) is 6.79. The van der Waals surface area contributed by atoms with Gasteiger partial charge in [0, 0.05) is 5.41 Å². The van der Waals surface area contributed by atoms with Crippen LogP contribution in [-0.2, 0) is 5.41 Å². The van der Waals surface area contributed by atoms with Crippen molar-refractivity contribution in [2.45, 2.75) is 26.2 Å². The van der Waals surface area contributed by atoms with Crippen LogP contribution in [0.25, 0.3) is 5.69 Å². The molecule has 0 unspecified atom stereocenters. The molecule has 0 radical (unpaired) electrons. The summed E-state index contributed by atoms with van der Waals surface area (Å²) in [6.45, 7) is 6.28. The van der Waals surface area contributed by atoms with Gasteiger partial charge in [0.25, 0.3) is 0 Å². The molecule has 0 atom stereocenters. The molecular formula is C13H15BrClN3. The highest BCUT2D eigenvalue weighted by atomic mass is 79.9. The number of anilines is 1. The fraction of sp³-hybridized carbons (Fsp3) is 0.308. The van der Waals surface area contributed by atoms with Gasteiger partial charge in [-0.05, 0) is 28.1 Å². The molecule has 0 saturated heterocycles. The molecule has 0 fully saturated rings. The van der Waals surface area contributed by atoms with Crippen LogP contribution in [0.1, 0.15) is 26.5 Å². The van der Waals surface area contributed by atoms with Crippen LogP contribution >= 0.6 is 27.5 Å². The Morgan fingerprint density at radius 1 is 1.28 bits per heavy atom. The third-order valence-electron chi connectivity index (χ3n) is 2.65. The van der Waals surface area contributed by atoms with Crippen LogP contribution in [0.5, 0.6) is 0 Å². The molecule has 96 valence electrons. The van der Waals surface area contributed by atoms with Crippen molar-refractivity contribution in [3.8, 4) is 5.69 Å². The molecule has 0 aliphatic carbocycles. The van der Waals surface area contributed by atoms with Gasteiger partial charge in [0.2, 0.25) is 0 Å². The second-order valence-corrected chi connectivity index (χ2v) is 6.36. The molecule has 0 saturated carbocycles. The van der Waals surface area contributed by atoms with Crippen LogP contribution in [0, 0.1) is 0 Å². The van der Waals surface area contributed by atoms with E-state index in [1.165, 1.54) is 0 Å². The zero-order valence-corrected chi connectivity index (χ0v) is 12.9. The normalized spacial score (nSPS) is 11.8. The van der Waals surface area contributed by atoms with E-state index in [2.05, 4.69) is 41.8 Å². The van der Waals surface area contributed by atoms with E-state index in [4.69, 9.17) is 17.3 Å². The largest absolute Gasteiger partial charge is 0.383 e. The van der Waals surface area contributed by atoms with E-state index < -0.39 is 0 Å². The maximum atomic E-state index is 6.17. The Hall–Kier alpha value is -1.00. The SMILES string of the molecule is CC(C)(C)c1nn(-c2ccccc2Cl)c(N)c1Br. The number of benzene rings is 1. The number of para-hydroxylation sites is 1. The fourth-order valence-corrected chi connectivity index (χ4v) is 2.76. The van der Waals surface area contributed by atoms with Gasteiger partial charge in [-0.2, -0.15) is 5.10 Å². The van der Waals surface area contributed by atoms with Crippen molar-refractivity contribution < 1.29 is 0 Å². The molecular weight excluding hydrogens is 314 g/mol. The molecule has 2 rings (SSSR count). The number of aromatic nitrogens is 2. The van der Waals surface area contributed by atoms with Gasteiger partial charge in [0.05, 0.1) is 20.9 Å². The molecule has 5 heteroatoms. The van der Waals surface area contributed by atoms with Crippen molar-refractivity contribution in [2.75, 3.05) is 5.73 Å². The third-order valence-corrected chi connectivity index (χ3v) is 3.75. The molecule has 1 heterocycles. The third kappa shape index (κ3) is 2.27. The number of nitrogen functional groups attached to an aromatic ring is 1. The van der Waals surface area contributed by atoms with Gasteiger partial charge in [0.1, 0.15) is 5.82 Å². The molecule has 2 N–H and O–H groups in total. The summed E-state index contributed by atoms with van der Waals surface area (Å²) in [7, 11) is 0. The molecule has 1 aromatic carbocycles. The maximum absolute atomic E-state index is 6.17. The lowest BCUT2D eigenvalue weighted by Gasteiger charge is -2.15. The number of nitrogens with zero attached hydrogens (tertiary/aromatic N) is 2. The van der Waals surface area contributed by atoms with Crippen molar-refractivity contribution >= 4 is 33.3 Å². The molecule has 0 aliphatic rings. The zero-order chi connectivity index (χ0) is 13.5. The molecule has 1 aromatic heterocycles. The smallest absolute Gasteiger partial charge is 0.141 e. The summed E-state index contributed by atoms with van der Waals surface area (Å²) in [6, 6.07) is 7.51. The first kappa shape index (κ1) is 13.4. The van der Waals surface area contributed by atoms with E-state index in [1.54, 1.807) is 4.68 Å². The van der Waals surface area contributed by atoms with Crippen LogP contribution < -0.4 is 5.73 Å². The average molecular weight is 329 g/mol. The van der Waals surface area contributed by atoms with E-state index in [-0.39, 0.29) is 5.41 Å². The Labute approximate surface area is 120 Å². The number of halogens is 2. The van der Waals surface area contributed by atoms with Crippen LogP contribution in [0.4, 0.5) is 5.82 Å². The summed E-state index contributed by atoms with van der Waals surface area (Å²) in [6.07, 6.45) is 0. The van der Waals surface area contributed by atoms with Gasteiger partial charge in [0.15, 0.2) is 0 Å². The summed E-state index contributed by atoms with van der Waals surface area (Å²) >= 11 is 9.68. The second kappa shape index (κ2) is 4.59. The first-order chi connectivity index (χ1) is 8.32. The standard InChI is InChI=1S/C13H15BrClN3/c1-13(2,3)11-10(14)12(16)18(17-11)9-7-5-4-6-8(9)15/h4-7H,16H2,1-3H3. The lowest BCUT2D eigenvalue weighted by Crippen LogP contribution is -2.13. The predicted molar refractivity (Wildman–Crippen MR) is 79.4 cm³/mol. The quantitative estimate of drug-likeness (QED) is 0.854. The van der Waals surface area contributed by atoms with Crippen LogP contribution in [0.15, 0.2) is 28.7 Å². The van der Waals surface area contributed by atoms with Gasteiger partial charge < -0.3 is 5.73 Å². The molecule has 3 nitrogen and oxygen atoms in total. The minimum absolute atomic E-state index is 0.0839. The molecule has 0 bridgehead atoms. The topological polar surface area (TPSA) is 43.8 Å². The summed E-state index contributed by atoms with van der Waals surface area (Å²) in [5.74, 6) is 0.563. The Morgan fingerprint density at radius 2 is 1.89 bits per heavy atom. The van der Waals surface area contributed by atoms with Crippen molar-refractivity contribution in [3.05, 3.63) is 39.5 Å². The monoisotopic (exact) mass is 327 g/mol. The van der Waals surface area contributed by atoms with Gasteiger partial charge in [-0.3, -0.25) is 0 Å². The van der Waals surface area contributed by atoms with E-state index in [1.807, 2.05) is 24.3 Å². The first-order valence-electron chi connectivity index (χ1n) is 5.61. The number of nitrogens with two attached hydrogens (primary N) is 1. The van der Waals surface area contributed by atoms with Crippen molar-refractivity contribution in [1.29, 1.82) is 0 Å². The Balaban J connectivity index is 2.65.